The Morgan fingerprint density at radius 3 is 2.06 bits per heavy atom. The Labute approximate surface area is 116 Å². The summed E-state index contributed by atoms with van der Waals surface area (Å²) >= 11 is 6.19. The van der Waals surface area contributed by atoms with Crippen LogP contribution in [0.15, 0.2) is 9.98 Å². The maximum Gasteiger partial charge on any atom is 0.217 e. The molecule has 0 atom stereocenters. The lowest BCUT2D eigenvalue weighted by Gasteiger charge is -2.21. The number of hydrogen-bond acceptors (Lipinski definition) is 1. The molecule has 2 saturated carbocycles. The summed E-state index contributed by atoms with van der Waals surface area (Å²) in [6.07, 6.45) is 13.0. The molecule has 102 valence electrons. The lowest BCUT2D eigenvalue weighted by atomic mass is 9.86. The largest absolute Gasteiger partial charge is 0.253 e. The van der Waals surface area contributed by atoms with Crippen LogP contribution in [0.5, 0.6) is 0 Å². The lowest BCUT2D eigenvalue weighted by molar-refractivity contribution is 0.438. The van der Waals surface area contributed by atoms with Crippen LogP contribution in [0.4, 0.5) is 0 Å². The molecule has 0 heterocycles. The van der Waals surface area contributed by atoms with Gasteiger partial charge in [-0.25, -0.2) is 4.99 Å². The van der Waals surface area contributed by atoms with Gasteiger partial charge in [-0.2, -0.15) is 0 Å². The van der Waals surface area contributed by atoms with Crippen molar-refractivity contribution in [3.8, 4) is 0 Å². The molecule has 0 saturated heterocycles. The van der Waals surface area contributed by atoms with E-state index in [1.165, 1.54) is 69.9 Å². The summed E-state index contributed by atoms with van der Waals surface area (Å²) in [6.45, 7) is 2.12. The highest BCUT2D eigenvalue weighted by atomic mass is 35.5. The molecule has 2 aliphatic rings. The summed E-state index contributed by atoms with van der Waals surface area (Å²) < 4.78 is 0. The van der Waals surface area contributed by atoms with Gasteiger partial charge in [0.05, 0.1) is 6.04 Å². The van der Waals surface area contributed by atoms with E-state index in [9.17, 15) is 0 Å². The van der Waals surface area contributed by atoms with Gasteiger partial charge in [-0.15, -0.1) is 0 Å². The molecule has 2 rings (SSSR count). The van der Waals surface area contributed by atoms with Crippen molar-refractivity contribution in [3.63, 3.8) is 0 Å². The molecule has 2 nitrogen and oxygen atoms in total. The average molecular weight is 269 g/mol. The molecular weight excluding hydrogens is 244 g/mol. The predicted molar refractivity (Wildman–Crippen MR) is 79.8 cm³/mol. The van der Waals surface area contributed by atoms with E-state index >= 15 is 0 Å². The van der Waals surface area contributed by atoms with E-state index in [-0.39, 0.29) is 0 Å². The normalized spacial score (nSPS) is 25.4. The van der Waals surface area contributed by atoms with E-state index in [2.05, 4.69) is 16.9 Å². The fraction of sp³-hybridized carbons (Fsp3) is 0.867. The Morgan fingerprint density at radius 2 is 1.44 bits per heavy atom. The van der Waals surface area contributed by atoms with Crippen molar-refractivity contribution >= 4 is 22.6 Å². The van der Waals surface area contributed by atoms with Crippen molar-refractivity contribution in [3.05, 3.63) is 0 Å². The maximum atomic E-state index is 6.19. The molecule has 0 aromatic rings. The molecule has 2 fully saturated rings. The van der Waals surface area contributed by atoms with E-state index in [0.717, 1.165) is 0 Å². The van der Waals surface area contributed by atoms with Gasteiger partial charge in [0.25, 0.3) is 0 Å². The van der Waals surface area contributed by atoms with Crippen molar-refractivity contribution in [1.29, 1.82) is 0 Å². The van der Waals surface area contributed by atoms with Crippen molar-refractivity contribution in [2.75, 3.05) is 0 Å². The Hall–Kier alpha value is -0.370. The van der Waals surface area contributed by atoms with Crippen LogP contribution in [0.1, 0.15) is 71.1 Å². The molecule has 18 heavy (non-hydrogen) atoms. The smallest absolute Gasteiger partial charge is 0.217 e. The number of hydrogen-bond donors (Lipinski definition) is 0. The highest BCUT2D eigenvalue weighted by molar-refractivity contribution is 6.65. The lowest BCUT2D eigenvalue weighted by Crippen LogP contribution is -2.16. The van der Waals surface area contributed by atoms with Crippen LogP contribution in [0.25, 0.3) is 0 Å². The third-order valence-corrected chi connectivity index (χ3v) is 4.51. The van der Waals surface area contributed by atoms with Gasteiger partial charge in [0.15, 0.2) is 0 Å². The van der Waals surface area contributed by atoms with E-state index in [1.54, 1.807) is 0 Å². The first-order valence-corrected chi connectivity index (χ1v) is 7.92. The van der Waals surface area contributed by atoms with Gasteiger partial charge in [-0.3, -0.25) is 4.99 Å². The second-order valence-electron chi connectivity index (χ2n) is 5.78. The highest BCUT2D eigenvalue weighted by Gasteiger charge is 2.17. The maximum absolute atomic E-state index is 6.19. The van der Waals surface area contributed by atoms with Gasteiger partial charge in [0.2, 0.25) is 5.29 Å². The summed E-state index contributed by atoms with van der Waals surface area (Å²) in [5.74, 6) is 0.647. The number of halogens is 1. The minimum atomic E-state index is 0.425. The Kier molecular flexibility index (Phi) is 5.68. The average Bonchev–Trinajstić information content (AvgIpc) is 2.40. The van der Waals surface area contributed by atoms with Crippen molar-refractivity contribution in [1.82, 2.24) is 0 Å². The van der Waals surface area contributed by atoms with Gasteiger partial charge in [-0.05, 0) is 50.1 Å². The Balaban J connectivity index is 1.90. The third-order valence-electron chi connectivity index (χ3n) is 4.33. The molecule has 0 aromatic carbocycles. The van der Waals surface area contributed by atoms with Gasteiger partial charge in [0.1, 0.15) is 0 Å². The third kappa shape index (κ3) is 4.38. The quantitative estimate of drug-likeness (QED) is 0.384. The number of amidine groups is 1. The first kappa shape index (κ1) is 14.0. The van der Waals surface area contributed by atoms with Crippen LogP contribution in [-0.4, -0.2) is 17.0 Å². The molecule has 0 radical (unpaired) electrons. The Bertz CT molecular complexity index is 310. The molecule has 0 amide bonds. The van der Waals surface area contributed by atoms with Crippen LogP contribution in [0, 0.1) is 5.92 Å². The number of rotatable bonds is 2. The van der Waals surface area contributed by atoms with E-state index in [0.29, 0.717) is 17.3 Å². The molecule has 0 unspecified atom stereocenters. The number of nitrogens with zero attached hydrogens (tertiary/aromatic N) is 2. The van der Waals surface area contributed by atoms with E-state index in [4.69, 9.17) is 11.6 Å². The molecule has 0 aromatic heterocycles. The zero-order valence-corrected chi connectivity index (χ0v) is 12.3. The van der Waals surface area contributed by atoms with E-state index in [1.807, 2.05) is 0 Å². The van der Waals surface area contributed by atoms with Crippen molar-refractivity contribution in [2.45, 2.75) is 77.2 Å². The Morgan fingerprint density at radius 1 is 0.889 bits per heavy atom. The van der Waals surface area contributed by atoms with Crippen LogP contribution in [0.2, 0.25) is 0 Å². The summed E-state index contributed by atoms with van der Waals surface area (Å²) in [5.41, 5.74) is 1.19. The summed E-state index contributed by atoms with van der Waals surface area (Å²) in [5, 5.41) is 0.491. The standard InChI is InChI=1S/C15H25ClN2/c1-12(13-8-4-2-5-9-13)17-15(16)18-14-10-6-3-7-11-14/h13-14H,2-11H2,1H3/b17-12+,18-15-. The summed E-state index contributed by atoms with van der Waals surface area (Å²) in [7, 11) is 0. The molecule has 0 N–H and O–H groups in total. The van der Waals surface area contributed by atoms with Crippen LogP contribution < -0.4 is 0 Å². The van der Waals surface area contributed by atoms with E-state index < -0.39 is 0 Å². The first-order chi connectivity index (χ1) is 8.75. The fourth-order valence-corrected chi connectivity index (χ4v) is 3.42. The van der Waals surface area contributed by atoms with Gasteiger partial charge in [0, 0.05) is 5.71 Å². The number of aliphatic imine (C=N–C) groups is 2. The van der Waals surface area contributed by atoms with Crippen molar-refractivity contribution < 1.29 is 0 Å². The predicted octanol–water partition coefficient (Wildman–Crippen LogP) is 4.96. The molecule has 3 heteroatoms. The molecule has 0 bridgehead atoms. The minimum Gasteiger partial charge on any atom is -0.253 e. The molecule has 0 aliphatic heterocycles. The topological polar surface area (TPSA) is 24.7 Å². The van der Waals surface area contributed by atoms with Crippen LogP contribution in [-0.2, 0) is 0 Å². The SMILES string of the molecule is C/C(=N\C(Cl)=N/C1CCCCC1)C1CCCCC1. The zero-order chi connectivity index (χ0) is 12.8. The second kappa shape index (κ2) is 7.28. The highest BCUT2D eigenvalue weighted by Crippen LogP contribution is 2.25. The molecule has 2 aliphatic carbocycles. The monoisotopic (exact) mass is 268 g/mol. The van der Waals surface area contributed by atoms with Crippen LogP contribution in [0.3, 0.4) is 0 Å². The summed E-state index contributed by atoms with van der Waals surface area (Å²) in [4.78, 5) is 9.09. The molecular formula is C15H25ClN2. The van der Waals surface area contributed by atoms with Crippen molar-refractivity contribution in [2.24, 2.45) is 15.9 Å². The molecule has 0 spiro atoms. The van der Waals surface area contributed by atoms with Gasteiger partial charge < -0.3 is 0 Å². The first-order valence-electron chi connectivity index (χ1n) is 7.54. The second-order valence-corrected chi connectivity index (χ2v) is 6.12. The summed E-state index contributed by atoms with van der Waals surface area (Å²) in [6, 6.07) is 0.425. The fourth-order valence-electron chi connectivity index (χ4n) is 3.15. The zero-order valence-electron chi connectivity index (χ0n) is 11.5. The van der Waals surface area contributed by atoms with Gasteiger partial charge in [-0.1, -0.05) is 38.5 Å². The minimum absolute atomic E-state index is 0.425. The van der Waals surface area contributed by atoms with Gasteiger partial charge >= 0.3 is 0 Å². The van der Waals surface area contributed by atoms with Crippen LogP contribution >= 0.6 is 11.6 Å².